The minimum absolute atomic E-state index is 0.636. The first-order chi connectivity index (χ1) is 7.19. The van der Waals surface area contributed by atoms with Gasteiger partial charge in [-0.25, -0.2) is 0 Å². The molecule has 2 heteroatoms. The summed E-state index contributed by atoms with van der Waals surface area (Å²) in [7, 11) is 2.36. The van der Waals surface area contributed by atoms with E-state index in [-0.39, 0.29) is 0 Å². The molecule has 0 saturated heterocycles. The first-order valence-electron chi connectivity index (χ1n) is 5.82. The lowest BCUT2D eigenvalue weighted by Gasteiger charge is -2.11. The van der Waals surface area contributed by atoms with Gasteiger partial charge in [0.2, 0.25) is 0 Å². The van der Waals surface area contributed by atoms with Crippen molar-refractivity contribution in [1.29, 1.82) is 0 Å². The summed E-state index contributed by atoms with van der Waals surface area (Å²) in [6.07, 6.45) is 3.72. The maximum Gasteiger partial charge on any atom is 0.152 e. The molecule has 0 unspecified atom stereocenters. The van der Waals surface area contributed by atoms with Crippen LogP contribution in [-0.4, -0.2) is 7.28 Å². The maximum atomic E-state index is 5.65. The fraction of sp³-hybridized carbons (Fsp3) is 0.538. The summed E-state index contributed by atoms with van der Waals surface area (Å²) < 4.78 is 0. The van der Waals surface area contributed by atoms with E-state index in [1.165, 1.54) is 41.3 Å². The molecule has 0 amide bonds. The summed E-state index contributed by atoms with van der Waals surface area (Å²) in [5.74, 6) is 0. The lowest BCUT2D eigenvalue weighted by Crippen LogP contribution is -2.21. The SMILES string of the molecule is CCCC[B]c1c(C)cc(CN)cc1C. The fourth-order valence-corrected chi connectivity index (χ4v) is 1.95. The Morgan fingerprint density at radius 1 is 1.20 bits per heavy atom. The van der Waals surface area contributed by atoms with Crippen LogP contribution in [0, 0.1) is 13.8 Å². The molecule has 0 fully saturated rings. The van der Waals surface area contributed by atoms with Gasteiger partial charge in [-0.2, -0.15) is 0 Å². The van der Waals surface area contributed by atoms with Crippen molar-refractivity contribution >= 4 is 12.7 Å². The van der Waals surface area contributed by atoms with Crippen molar-refractivity contribution in [1.82, 2.24) is 0 Å². The van der Waals surface area contributed by atoms with Gasteiger partial charge in [0.05, 0.1) is 0 Å². The van der Waals surface area contributed by atoms with Crippen LogP contribution >= 0.6 is 0 Å². The molecule has 0 aliphatic carbocycles. The Hall–Kier alpha value is -0.755. The van der Waals surface area contributed by atoms with Crippen molar-refractivity contribution in [3.05, 3.63) is 28.8 Å². The Morgan fingerprint density at radius 3 is 2.27 bits per heavy atom. The Labute approximate surface area is 94.3 Å². The zero-order valence-electron chi connectivity index (χ0n) is 10.1. The van der Waals surface area contributed by atoms with Gasteiger partial charge < -0.3 is 5.73 Å². The van der Waals surface area contributed by atoms with Gasteiger partial charge in [-0.1, -0.05) is 54.8 Å². The van der Waals surface area contributed by atoms with Crippen LogP contribution < -0.4 is 11.2 Å². The molecule has 0 aliphatic rings. The van der Waals surface area contributed by atoms with Gasteiger partial charge >= 0.3 is 0 Å². The molecule has 2 N–H and O–H groups in total. The molecule has 0 bridgehead atoms. The molecule has 0 saturated carbocycles. The fourth-order valence-electron chi connectivity index (χ4n) is 1.95. The smallest absolute Gasteiger partial charge is 0.152 e. The Morgan fingerprint density at radius 2 is 1.80 bits per heavy atom. The van der Waals surface area contributed by atoms with E-state index in [9.17, 15) is 0 Å². The molecule has 1 rings (SSSR count). The topological polar surface area (TPSA) is 26.0 Å². The van der Waals surface area contributed by atoms with Gasteiger partial charge in [-0.15, -0.1) is 0 Å². The third-order valence-electron chi connectivity index (χ3n) is 2.80. The van der Waals surface area contributed by atoms with Crippen LogP contribution in [0.25, 0.3) is 0 Å². The number of benzene rings is 1. The lowest BCUT2D eigenvalue weighted by molar-refractivity contribution is 0.881. The molecule has 1 aromatic rings. The van der Waals surface area contributed by atoms with E-state index in [0.29, 0.717) is 6.54 Å². The Balaban J connectivity index is 2.79. The van der Waals surface area contributed by atoms with Gasteiger partial charge in [0.25, 0.3) is 0 Å². The summed E-state index contributed by atoms with van der Waals surface area (Å²) >= 11 is 0. The van der Waals surface area contributed by atoms with E-state index in [1.54, 1.807) is 0 Å². The summed E-state index contributed by atoms with van der Waals surface area (Å²) in [5.41, 5.74) is 11.0. The first kappa shape index (κ1) is 12.3. The highest BCUT2D eigenvalue weighted by Gasteiger charge is 2.05. The van der Waals surface area contributed by atoms with Crippen LogP contribution in [0.5, 0.6) is 0 Å². The zero-order chi connectivity index (χ0) is 11.3. The highest BCUT2D eigenvalue weighted by molar-refractivity contribution is 6.54. The van der Waals surface area contributed by atoms with Crippen LogP contribution in [-0.2, 0) is 6.54 Å². The number of unbranched alkanes of at least 4 members (excludes halogenated alkanes) is 1. The predicted octanol–water partition coefficient (Wildman–Crippen LogP) is 2.31. The second-order valence-corrected chi connectivity index (χ2v) is 4.19. The van der Waals surface area contributed by atoms with Crippen molar-refractivity contribution in [3.8, 4) is 0 Å². The van der Waals surface area contributed by atoms with Crippen molar-refractivity contribution in [2.24, 2.45) is 5.73 Å². The van der Waals surface area contributed by atoms with E-state index in [1.807, 2.05) is 0 Å². The zero-order valence-corrected chi connectivity index (χ0v) is 10.1. The van der Waals surface area contributed by atoms with Gasteiger partial charge in [0.15, 0.2) is 7.28 Å². The lowest BCUT2D eigenvalue weighted by atomic mass is 9.62. The molecule has 1 aromatic carbocycles. The number of aryl methyl sites for hydroxylation is 2. The minimum Gasteiger partial charge on any atom is -0.326 e. The van der Waals surface area contributed by atoms with E-state index in [4.69, 9.17) is 5.73 Å². The number of hydrogen-bond acceptors (Lipinski definition) is 1. The number of hydrogen-bond donors (Lipinski definition) is 1. The number of rotatable bonds is 5. The summed E-state index contributed by atoms with van der Waals surface area (Å²) in [4.78, 5) is 0. The average molecular weight is 202 g/mol. The van der Waals surface area contributed by atoms with Crippen LogP contribution in [0.15, 0.2) is 12.1 Å². The molecule has 0 spiro atoms. The summed E-state index contributed by atoms with van der Waals surface area (Å²) in [6, 6.07) is 4.40. The number of nitrogens with two attached hydrogens (primary N) is 1. The second kappa shape index (κ2) is 5.97. The summed E-state index contributed by atoms with van der Waals surface area (Å²) in [6.45, 7) is 7.20. The second-order valence-electron chi connectivity index (χ2n) is 4.19. The van der Waals surface area contributed by atoms with Crippen LogP contribution in [0.4, 0.5) is 0 Å². The van der Waals surface area contributed by atoms with Crippen molar-refractivity contribution in [2.45, 2.75) is 46.5 Å². The third kappa shape index (κ3) is 3.38. The predicted molar refractivity (Wildman–Crippen MR) is 68.9 cm³/mol. The molecule has 81 valence electrons. The van der Waals surface area contributed by atoms with Gasteiger partial charge in [-0.05, 0) is 19.4 Å². The maximum absolute atomic E-state index is 5.65. The molecule has 0 aromatic heterocycles. The highest BCUT2D eigenvalue weighted by atomic mass is 14.5. The first-order valence-corrected chi connectivity index (χ1v) is 5.82. The van der Waals surface area contributed by atoms with E-state index in [2.05, 4.69) is 40.2 Å². The largest absolute Gasteiger partial charge is 0.326 e. The van der Waals surface area contributed by atoms with E-state index in [0.717, 1.165) is 0 Å². The molecule has 0 heterocycles. The third-order valence-corrected chi connectivity index (χ3v) is 2.80. The molecule has 15 heavy (non-hydrogen) atoms. The quantitative estimate of drug-likeness (QED) is 0.575. The monoisotopic (exact) mass is 202 g/mol. The van der Waals surface area contributed by atoms with Crippen molar-refractivity contribution in [2.75, 3.05) is 0 Å². The normalized spacial score (nSPS) is 10.4. The van der Waals surface area contributed by atoms with E-state index >= 15 is 0 Å². The Kier molecular flexibility index (Phi) is 4.90. The molecule has 1 nitrogen and oxygen atoms in total. The standard InChI is InChI=1S/C13H21BN/c1-4-5-6-14-13-10(2)7-12(9-15)8-11(13)3/h7-8H,4-6,9,15H2,1-3H3. The van der Waals surface area contributed by atoms with Crippen LogP contribution in [0.1, 0.15) is 36.5 Å². The molecular weight excluding hydrogens is 181 g/mol. The molecule has 0 aliphatic heterocycles. The van der Waals surface area contributed by atoms with Gasteiger partial charge in [-0.3, -0.25) is 0 Å². The molecule has 1 radical (unpaired) electrons. The molecular formula is C13H21BN. The Bertz CT molecular complexity index is 297. The van der Waals surface area contributed by atoms with Crippen molar-refractivity contribution < 1.29 is 0 Å². The van der Waals surface area contributed by atoms with Gasteiger partial charge in [0, 0.05) is 6.54 Å². The molecule has 0 atom stereocenters. The summed E-state index contributed by atoms with van der Waals surface area (Å²) in [5, 5.41) is 0. The van der Waals surface area contributed by atoms with Crippen LogP contribution in [0.2, 0.25) is 6.32 Å². The minimum atomic E-state index is 0.636. The van der Waals surface area contributed by atoms with E-state index < -0.39 is 0 Å². The van der Waals surface area contributed by atoms with Gasteiger partial charge in [0.1, 0.15) is 0 Å². The van der Waals surface area contributed by atoms with Crippen LogP contribution in [0.3, 0.4) is 0 Å². The average Bonchev–Trinajstić information content (AvgIpc) is 2.22. The van der Waals surface area contributed by atoms with Crippen molar-refractivity contribution in [3.63, 3.8) is 0 Å². The highest BCUT2D eigenvalue weighted by Crippen LogP contribution is 2.07.